The third-order valence-corrected chi connectivity index (χ3v) is 10.7. The van der Waals surface area contributed by atoms with E-state index >= 15 is 0 Å². The van der Waals surface area contributed by atoms with Gasteiger partial charge in [0.25, 0.3) is 0 Å². The molecule has 3 aromatic heterocycles. The minimum Gasteiger partial charge on any atom is -0.368 e. The Morgan fingerprint density at radius 1 is 0.531 bits per heavy atom. The van der Waals surface area contributed by atoms with Gasteiger partial charge in [0.2, 0.25) is 41.4 Å². The van der Waals surface area contributed by atoms with Crippen molar-refractivity contribution in [3.63, 3.8) is 0 Å². The molecule has 64 heavy (non-hydrogen) atoms. The zero-order valence-electron chi connectivity index (χ0n) is 38.0. The standard InChI is InChI=1S/C45H66N12O7/c1-24(2)13-34(42(61)55-36(15-26(5)6)44(63)57-37(17-30-20-47-22-50-30)41(60)52-28(8)39(46)58)54-43(62)35(14-25(3)4)56-45(64)38(18-31-21-48-23-51-31)53-40(59)27(7)16-29-19-49-33-12-10-9-11-32(29)33/h9-12,19-28,34-38,49H,13-18H2,1-8H3,(H2,46,58)(H,47,50)(H,48,51)(H,52,60)(H,53,59)(H,54,62)(H,55,61)(H,56,64)(H,57,63)/t27-,28-,34-,35-,36-,37-,38-/m0/s1. The molecule has 4 rings (SSSR count). The number of H-pyrrole nitrogens is 3. The van der Waals surface area contributed by atoms with Crippen LogP contribution in [0.5, 0.6) is 0 Å². The Morgan fingerprint density at radius 3 is 1.36 bits per heavy atom. The summed E-state index contributed by atoms with van der Waals surface area (Å²) in [4.78, 5) is 112. The van der Waals surface area contributed by atoms with Gasteiger partial charge < -0.3 is 52.6 Å². The first kappa shape index (κ1) is 50.1. The molecule has 4 aromatic rings. The molecule has 19 heteroatoms. The number of carbonyl (C=O) groups excluding carboxylic acids is 7. The number of aromatic amines is 3. The van der Waals surface area contributed by atoms with Crippen molar-refractivity contribution >= 4 is 52.3 Å². The summed E-state index contributed by atoms with van der Waals surface area (Å²) in [6, 6.07) is 1.19. The zero-order chi connectivity index (χ0) is 47.1. The van der Waals surface area contributed by atoms with Crippen molar-refractivity contribution in [2.75, 3.05) is 0 Å². The number of nitrogens with one attached hydrogen (secondary N) is 9. The van der Waals surface area contributed by atoms with Crippen LogP contribution < -0.4 is 37.6 Å². The van der Waals surface area contributed by atoms with Crippen LogP contribution in [0.1, 0.15) is 91.6 Å². The molecule has 0 spiro atoms. The number of amides is 7. The lowest BCUT2D eigenvalue weighted by Crippen LogP contribution is -2.60. The van der Waals surface area contributed by atoms with E-state index in [4.69, 9.17) is 5.73 Å². The number of primary amides is 1. The lowest BCUT2D eigenvalue weighted by molar-refractivity contribution is -0.136. The second kappa shape index (κ2) is 23.8. The number of hydrogen-bond donors (Lipinski definition) is 10. The van der Waals surface area contributed by atoms with Crippen LogP contribution in [-0.2, 0) is 52.8 Å². The Bertz CT molecular complexity index is 2170. The summed E-state index contributed by atoms with van der Waals surface area (Å²) in [6.07, 6.45) is 8.90. The summed E-state index contributed by atoms with van der Waals surface area (Å²) in [5.41, 5.74) is 8.41. The fourth-order valence-corrected chi connectivity index (χ4v) is 7.27. The van der Waals surface area contributed by atoms with Crippen molar-refractivity contribution in [3.05, 3.63) is 72.5 Å². The molecule has 3 heterocycles. The van der Waals surface area contributed by atoms with Crippen LogP contribution in [0, 0.1) is 23.7 Å². The number of carbonyl (C=O) groups is 7. The molecule has 0 saturated carbocycles. The topological polar surface area (TPSA) is 291 Å². The lowest BCUT2D eigenvalue weighted by atomic mass is 9.98. The third kappa shape index (κ3) is 15.4. The Hall–Kier alpha value is -6.53. The minimum atomic E-state index is -1.17. The van der Waals surface area contributed by atoms with Crippen molar-refractivity contribution in [2.24, 2.45) is 29.4 Å². The smallest absolute Gasteiger partial charge is 0.243 e. The van der Waals surface area contributed by atoms with Gasteiger partial charge in [0.05, 0.1) is 12.7 Å². The maximum absolute atomic E-state index is 14.2. The summed E-state index contributed by atoms with van der Waals surface area (Å²) in [6.45, 7) is 14.5. The highest BCUT2D eigenvalue weighted by Crippen LogP contribution is 2.21. The molecule has 0 unspecified atom stereocenters. The van der Waals surface area contributed by atoms with Crippen molar-refractivity contribution in [1.82, 2.24) is 56.8 Å². The van der Waals surface area contributed by atoms with Gasteiger partial charge in [0.15, 0.2) is 0 Å². The van der Waals surface area contributed by atoms with Gasteiger partial charge in [0.1, 0.15) is 36.3 Å². The van der Waals surface area contributed by atoms with Crippen LogP contribution >= 0.6 is 0 Å². The maximum Gasteiger partial charge on any atom is 0.243 e. The first-order valence-corrected chi connectivity index (χ1v) is 21.9. The Labute approximate surface area is 373 Å². The molecule has 0 saturated heterocycles. The average molecular weight is 887 g/mol. The van der Waals surface area contributed by atoms with E-state index in [0.717, 1.165) is 16.5 Å². The van der Waals surface area contributed by atoms with E-state index in [-0.39, 0.29) is 55.8 Å². The Morgan fingerprint density at radius 2 is 0.938 bits per heavy atom. The average Bonchev–Trinajstić information content (AvgIpc) is 4.03. The van der Waals surface area contributed by atoms with E-state index in [1.54, 1.807) is 13.1 Å². The number of imidazole rings is 2. The van der Waals surface area contributed by atoms with Gasteiger partial charge in [-0.25, -0.2) is 9.97 Å². The number of nitrogens with two attached hydrogens (primary N) is 1. The van der Waals surface area contributed by atoms with E-state index in [9.17, 15) is 33.6 Å². The third-order valence-electron chi connectivity index (χ3n) is 10.7. The summed E-state index contributed by atoms with van der Waals surface area (Å²) in [5, 5.41) is 17.6. The van der Waals surface area contributed by atoms with Crippen LogP contribution in [0.3, 0.4) is 0 Å². The van der Waals surface area contributed by atoms with Crippen molar-refractivity contribution in [2.45, 2.75) is 130 Å². The first-order chi connectivity index (χ1) is 30.3. The monoisotopic (exact) mass is 887 g/mol. The van der Waals surface area contributed by atoms with Crippen LogP contribution in [-0.4, -0.2) is 103 Å². The number of hydrogen-bond acceptors (Lipinski definition) is 9. The second-order valence-corrected chi connectivity index (χ2v) is 17.9. The molecule has 7 atom stereocenters. The number of benzene rings is 1. The van der Waals surface area contributed by atoms with Gasteiger partial charge in [-0.2, -0.15) is 0 Å². The molecule has 1 aromatic carbocycles. The molecular weight excluding hydrogens is 821 g/mol. The molecule has 348 valence electrons. The molecule has 11 N–H and O–H groups in total. The molecule has 7 amide bonds. The van der Waals surface area contributed by atoms with E-state index in [1.807, 2.05) is 72.0 Å². The highest BCUT2D eigenvalue weighted by molar-refractivity contribution is 5.97. The van der Waals surface area contributed by atoms with Crippen LogP contribution in [0.4, 0.5) is 0 Å². The first-order valence-electron chi connectivity index (χ1n) is 21.9. The molecule has 0 bridgehead atoms. The molecule has 19 nitrogen and oxygen atoms in total. The number of fused-ring (bicyclic) bond motifs is 1. The van der Waals surface area contributed by atoms with Gasteiger partial charge in [0, 0.05) is 59.6 Å². The van der Waals surface area contributed by atoms with Gasteiger partial charge in [-0.05, 0) is 62.0 Å². The fraction of sp³-hybridized carbons (Fsp3) is 0.533. The number of para-hydroxylation sites is 1. The van der Waals surface area contributed by atoms with Gasteiger partial charge in [-0.1, -0.05) is 66.7 Å². The molecule has 0 fully saturated rings. The molecule has 0 aliphatic rings. The van der Waals surface area contributed by atoms with E-state index in [2.05, 4.69) is 56.8 Å². The maximum atomic E-state index is 14.2. The SMILES string of the molecule is CC(C)C[C@H](NC(=O)[C@H](CC(C)C)NC(=O)[C@H](CC(C)C)NC(=O)[C@H](Cc1cnc[nH]1)NC(=O)[C@@H](C)Cc1c[nH]c2ccccc12)C(=O)N[C@@H](Cc1cnc[nH]1)C(=O)N[C@@H](C)C(N)=O. The Kier molecular flexibility index (Phi) is 18.6. The van der Waals surface area contributed by atoms with Gasteiger partial charge in [-0.15, -0.1) is 0 Å². The second-order valence-electron chi connectivity index (χ2n) is 17.9. The van der Waals surface area contributed by atoms with Crippen molar-refractivity contribution < 1.29 is 33.6 Å². The predicted octanol–water partition coefficient (Wildman–Crippen LogP) is 1.83. The van der Waals surface area contributed by atoms with Crippen LogP contribution in [0.15, 0.2) is 55.5 Å². The van der Waals surface area contributed by atoms with Gasteiger partial charge in [-0.3, -0.25) is 33.6 Å². The number of nitrogens with zero attached hydrogens (tertiary/aromatic N) is 2. The van der Waals surface area contributed by atoms with Crippen molar-refractivity contribution in [3.8, 4) is 0 Å². The highest BCUT2D eigenvalue weighted by Gasteiger charge is 2.34. The summed E-state index contributed by atoms with van der Waals surface area (Å²) in [7, 11) is 0. The zero-order valence-corrected chi connectivity index (χ0v) is 38.0. The van der Waals surface area contributed by atoms with E-state index < -0.39 is 77.6 Å². The quantitative estimate of drug-likeness (QED) is 0.0464. The molecule has 0 aliphatic carbocycles. The van der Waals surface area contributed by atoms with E-state index in [0.29, 0.717) is 17.8 Å². The van der Waals surface area contributed by atoms with Crippen LogP contribution in [0.25, 0.3) is 10.9 Å². The Balaban J connectivity index is 1.50. The number of rotatable bonds is 25. The van der Waals surface area contributed by atoms with Gasteiger partial charge >= 0.3 is 0 Å². The van der Waals surface area contributed by atoms with Crippen molar-refractivity contribution in [1.29, 1.82) is 0 Å². The normalized spacial score (nSPS) is 14.8. The van der Waals surface area contributed by atoms with E-state index in [1.165, 1.54) is 25.8 Å². The molecule has 0 radical (unpaired) electrons. The summed E-state index contributed by atoms with van der Waals surface area (Å²) < 4.78 is 0. The molecular formula is C45H66N12O7. The lowest BCUT2D eigenvalue weighted by Gasteiger charge is -2.29. The molecule has 0 aliphatic heterocycles. The van der Waals surface area contributed by atoms with Crippen LogP contribution in [0.2, 0.25) is 0 Å². The predicted molar refractivity (Wildman–Crippen MR) is 241 cm³/mol. The number of aromatic nitrogens is 5. The largest absolute Gasteiger partial charge is 0.368 e. The summed E-state index contributed by atoms with van der Waals surface area (Å²) >= 11 is 0. The fourth-order valence-electron chi connectivity index (χ4n) is 7.27. The highest BCUT2D eigenvalue weighted by atomic mass is 16.2. The minimum absolute atomic E-state index is 0.00312. The summed E-state index contributed by atoms with van der Waals surface area (Å²) in [5.74, 6) is -5.03.